The van der Waals surface area contributed by atoms with E-state index < -0.39 is 5.60 Å². The lowest BCUT2D eigenvalue weighted by molar-refractivity contribution is -0.120. The summed E-state index contributed by atoms with van der Waals surface area (Å²) in [5.74, 6) is 0.780. The summed E-state index contributed by atoms with van der Waals surface area (Å²) < 4.78 is 13.1. The van der Waals surface area contributed by atoms with Gasteiger partial charge < -0.3 is 14.4 Å². The van der Waals surface area contributed by atoms with Gasteiger partial charge in [0.25, 0.3) is 0 Å². The molecule has 1 aliphatic heterocycles. The summed E-state index contributed by atoms with van der Waals surface area (Å²) >= 11 is 2.45. The monoisotopic (exact) mass is 437 g/mol. The van der Waals surface area contributed by atoms with Crippen LogP contribution in [0.4, 0.5) is 4.79 Å². The number of likely N-dealkylation sites (tertiary alicyclic amines) is 1. The Hall–Kier alpha value is -0.0400. The number of carbonyl (C=O) groups excluding carboxylic acids is 1. The van der Waals surface area contributed by atoms with Crippen molar-refractivity contribution in [3.63, 3.8) is 0 Å². The van der Waals surface area contributed by atoms with Crippen molar-refractivity contribution in [3.8, 4) is 0 Å². The minimum Gasteiger partial charge on any atom is -0.444 e. The smallest absolute Gasteiger partial charge is 0.410 e. The van der Waals surface area contributed by atoms with Gasteiger partial charge in [-0.15, -0.1) is 0 Å². The molecule has 0 aromatic heterocycles. The van der Waals surface area contributed by atoms with Gasteiger partial charge in [-0.2, -0.15) is 0 Å². The predicted molar refractivity (Wildman–Crippen MR) is 101 cm³/mol. The Kier molecular flexibility index (Phi) is 6.62. The molecule has 0 aromatic carbocycles. The van der Waals surface area contributed by atoms with Crippen LogP contribution in [0, 0.1) is 5.92 Å². The molecular formula is C18H32INO3. The molecular weight excluding hydrogens is 405 g/mol. The lowest BCUT2D eigenvalue weighted by Crippen LogP contribution is -2.51. The number of amides is 1. The van der Waals surface area contributed by atoms with Crippen LogP contribution in [0.25, 0.3) is 0 Å². The van der Waals surface area contributed by atoms with Gasteiger partial charge in [-0.25, -0.2) is 4.79 Å². The number of nitrogens with zero attached hydrogens (tertiary/aromatic N) is 1. The topological polar surface area (TPSA) is 38.8 Å². The average Bonchev–Trinajstić information content (AvgIpc) is 2.46. The largest absolute Gasteiger partial charge is 0.444 e. The molecule has 2 unspecified atom stereocenters. The molecule has 5 heteroatoms. The van der Waals surface area contributed by atoms with E-state index in [2.05, 4.69) is 29.5 Å². The van der Waals surface area contributed by atoms with Crippen molar-refractivity contribution in [2.75, 3.05) is 17.5 Å². The van der Waals surface area contributed by atoms with Crippen LogP contribution >= 0.6 is 22.6 Å². The normalized spacial score (nSPS) is 28.5. The second kappa shape index (κ2) is 7.89. The van der Waals surface area contributed by atoms with Crippen molar-refractivity contribution in [3.05, 3.63) is 0 Å². The Morgan fingerprint density at radius 2 is 1.91 bits per heavy atom. The fourth-order valence-corrected chi connectivity index (χ4v) is 4.49. The Morgan fingerprint density at radius 3 is 2.43 bits per heavy atom. The first-order chi connectivity index (χ1) is 10.7. The molecule has 0 N–H and O–H groups in total. The summed E-state index contributed by atoms with van der Waals surface area (Å²) in [5, 5.41) is 0. The number of carbonyl (C=O) groups is 1. The molecule has 0 aromatic rings. The molecule has 4 nitrogen and oxygen atoms in total. The van der Waals surface area contributed by atoms with E-state index in [4.69, 9.17) is 9.47 Å². The summed E-state index contributed by atoms with van der Waals surface area (Å²) in [6.45, 7) is 9.55. The molecule has 1 saturated heterocycles. The zero-order valence-corrected chi connectivity index (χ0v) is 17.2. The van der Waals surface area contributed by atoms with Gasteiger partial charge in [-0.3, -0.25) is 0 Å². The number of hydrogen-bond donors (Lipinski definition) is 0. The molecule has 23 heavy (non-hydrogen) atoms. The lowest BCUT2D eigenvalue weighted by Gasteiger charge is -2.44. The van der Waals surface area contributed by atoms with Gasteiger partial charge >= 0.3 is 6.09 Å². The third-order valence-electron chi connectivity index (χ3n) is 4.87. The van der Waals surface area contributed by atoms with E-state index in [0.29, 0.717) is 6.10 Å². The van der Waals surface area contributed by atoms with Crippen molar-refractivity contribution in [1.29, 1.82) is 0 Å². The Balaban J connectivity index is 1.87. The van der Waals surface area contributed by atoms with Crippen LogP contribution in [0.3, 0.4) is 0 Å². The van der Waals surface area contributed by atoms with Crippen molar-refractivity contribution < 1.29 is 14.3 Å². The van der Waals surface area contributed by atoms with Gasteiger partial charge in [0.15, 0.2) is 0 Å². The molecule has 2 aliphatic rings. The van der Waals surface area contributed by atoms with Crippen LogP contribution in [0.2, 0.25) is 0 Å². The SMILES string of the molecule is CC1CCCC(OC2(CI)CCN(C(=O)OC(C)(C)C)CC2)C1. The molecule has 1 amide bonds. The molecule has 0 radical (unpaired) electrons. The first-order valence-corrected chi connectivity index (χ1v) is 10.5. The van der Waals surface area contributed by atoms with E-state index in [0.717, 1.165) is 36.3 Å². The highest BCUT2D eigenvalue weighted by Crippen LogP contribution is 2.35. The quantitative estimate of drug-likeness (QED) is 0.471. The Labute approximate surface area is 154 Å². The van der Waals surface area contributed by atoms with Gasteiger partial charge in [0, 0.05) is 17.5 Å². The van der Waals surface area contributed by atoms with Gasteiger partial charge in [0.1, 0.15) is 5.60 Å². The molecule has 2 fully saturated rings. The lowest BCUT2D eigenvalue weighted by atomic mass is 9.87. The van der Waals surface area contributed by atoms with Gasteiger partial charge in [-0.05, 0) is 52.4 Å². The summed E-state index contributed by atoms with van der Waals surface area (Å²) in [7, 11) is 0. The van der Waals surface area contributed by atoms with Crippen LogP contribution in [0.5, 0.6) is 0 Å². The van der Waals surface area contributed by atoms with E-state index in [9.17, 15) is 4.79 Å². The maximum atomic E-state index is 12.2. The fourth-order valence-electron chi connectivity index (χ4n) is 3.55. The van der Waals surface area contributed by atoms with Gasteiger partial charge in [0.05, 0.1) is 11.7 Å². The second-order valence-electron chi connectivity index (χ2n) is 8.30. The molecule has 1 saturated carbocycles. The third kappa shape index (κ3) is 5.76. The molecule has 2 rings (SSSR count). The number of alkyl halides is 1. The van der Waals surface area contributed by atoms with Gasteiger partial charge in [0.2, 0.25) is 0 Å². The minimum absolute atomic E-state index is 0.0548. The number of rotatable bonds is 3. The van der Waals surface area contributed by atoms with Crippen LogP contribution in [0.15, 0.2) is 0 Å². The Morgan fingerprint density at radius 1 is 1.26 bits per heavy atom. The summed E-state index contributed by atoms with van der Waals surface area (Å²) in [4.78, 5) is 14.0. The third-order valence-corrected chi connectivity index (χ3v) is 6.27. The predicted octanol–water partition coefficient (Wildman–Crippen LogP) is 4.79. The first-order valence-electron chi connectivity index (χ1n) is 8.95. The second-order valence-corrected chi connectivity index (χ2v) is 9.06. The van der Waals surface area contributed by atoms with Crippen molar-refractivity contribution in [2.24, 2.45) is 5.92 Å². The standard InChI is InChI=1S/C18H32INO3/c1-14-6-5-7-15(12-14)22-18(13-19)8-10-20(11-9-18)16(21)23-17(2,3)4/h14-15H,5-13H2,1-4H3. The van der Waals surface area contributed by atoms with Crippen LogP contribution in [-0.4, -0.2) is 45.8 Å². The van der Waals surface area contributed by atoms with Crippen molar-refractivity contribution >= 4 is 28.7 Å². The molecule has 0 spiro atoms. The Bertz CT molecular complexity index is 400. The fraction of sp³-hybridized carbons (Fsp3) is 0.944. The van der Waals surface area contributed by atoms with Crippen LogP contribution in [0.1, 0.15) is 66.2 Å². The van der Waals surface area contributed by atoms with Crippen LogP contribution < -0.4 is 0 Å². The summed E-state index contributed by atoms with van der Waals surface area (Å²) in [5.41, 5.74) is -0.482. The zero-order valence-electron chi connectivity index (χ0n) is 15.1. The number of hydrogen-bond acceptors (Lipinski definition) is 3. The van der Waals surface area contributed by atoms with E-state index in [1.807, 2.05) is 25.7 Å². The minimum atomic E-state index is -0.427. The zero-order chi connectivity index (χ0) is 17.1. The maximum absolute atomic E-state index is 12.2. The number of ether oxygens (including phenoxy) is 2. The average molecular weight is 437 g/mol. The van der Waals surface area contributed by atoms with E-state index in [1.165, 1.54) is 25.7 Å². The number of piperidine rings is 1. The summed E-state index contributed by atoms with van der Waals surface area (Å²) in [6, 6.07) is 0. The molecule has 0 bridgehead atoms. The van der Waals surface area contributed by atoms with E-state index >= 15 is 0 Å². The van der Waals surface area contributed by atoms with E-state index in [1.54, 1.807) is 0 Å². The van der Waals surface area contributed by atoms with Crippen molar-refractivity contribution in [2.45, 2.75) is 83.5 Å². The van der Waals surface area contributed by atoms with E-state index in [-0.39, 0.29) is 11.7 Å². The van der Waals surface area contributed by atoms with Gasteiger partial charge in [-0.1, -0.05) is 42.4 Å². The van der Waals surface area contributed by atoms with Crippen molar-refractivity contribution in [1.82, 2.24) is 4.90 Å². The van der Waals surface area contributed by atoms with Crippen LogP contribution in [-0.2, 0) is 9.47 Å². The molecule has 134 valence electrons. The molecule has 2 atom stereocenters. The highest BCUT2D eigenvalue weighted by molar-refractivity contribution is 14.1. The number of halogens is 1. The maximum Gasteiger partial charge on any atom is 0.410 e. The molecule has 1 aliphatic carbocycles. The molecule has 1 heterocycles. The highest BCUT2D eigenvalue weighted by atomic mass is 127. The summed E-state index contributed by atoms with van der Waals surface area (Å²) in [6.07, 6.45) is 7.05. The first kappa shape index (κ1) is 19.3. The highest BCUT2D eigenvalue weighted by Gasteiger charge is 2.39.